The Morgan fingerprint density at radius 3 is 2.53 bits per heavy atom. The molecule has 0 aromatic heterocycles. The minimum absolute atomic E-state index is 0.0902. The predicted molar refractivity (Wildman–Crippen MR) is 79.4 cm³/mol. The van der Waals surface area contributed by atoms with Gasteiger partial charge in [-0.2, -0.15) is 0 Å². The number of ether oxygens (including phenoxy) is 1. The molecule has 2 rings (SSSR count). The van der Waals surface area contributed by atoms with Gasteiger partial charge in [-0.1, -0.05) is 43.3 Å². The summed E-state index contributed by atoms with van der Waals surface area (Å²) in [5.41, 5.74) is 9.85. The first kappa shape index (κ1) is 13.6. The normalized spacial score (nSPS) is 12.2. The van der Waals surface area contributed by atoms with Gasteiger partial charge in [-0.15, -0.1) is 0 Å². The van der Waals surface area contributed by atoms with Crippen molar-refractivity contribution < 1.29 is 4.74 Å². The Bertz CT molecular complexity index is 522. The van der Waals surface area contributed by atoms with Crippen LogP contribution in [0.1, 0.15) is 29.7 Å². The standard InChI is InChI=1S/C17H21NO/c1-3-14-11-16(10-9-13(14)2)19-12-17(18)15-7-5-4-6-8-15/h4-11,17H,3,12,18H2,1-2H3. The Morgan fingerprint density at radius 1 is 1.11 bits per heavy atom. The lowest BCUT2D eigenvalue weighted by Gasteiger charge is -2.14. The summed E-state index contributed by atoms with van der Waals surface area (Å²) in [4.78, 5) is 0. The molecule has 2 aromatic carbocycles. The van der Waals surface area contributed by atoms with E-state index in [1.165, 1.54) is 11.1 Å². The van der Waals surface area contributed by atoms with E-state index >= 15 is 0 Å². The van der Waals surface area contributed by atoms with E-state index in [0.29, 0.717) is 6.61 Å². The quantitative estimate of drug-likeness (QED) is 0.885. The van der Waals surface area contributed by atoms with Crippen molar-refractivity contribution in [1.82, 2.24) is 0 Å². The van der Waals surface area contributed by atoms with Crippen molar-refractivity contribution in [3.05, 3.63) is 65.2 Å². The van der Waals surface area contributed by atoms with E-state index < -0.39 is 0 Å². The largest absolute Gasteiger partial charge is 0.492 e. The van der Waals surface area contributed by atoms with Gasteiger partial charge in [0.15, 0.2) is 0 Å². The van der Waals surface area contributed by atoms with E-state index in [0.717, 1.165) is 17.7 Å². The van der Waals surface area contributed by atoms with Crippen LogP contribution in [0.5, 0.6) is 5.75 Å². The average molecular weight is 255 g/mol. The van der Waals surface area contributed by atoms with Gasteiger partial charge in [-0.3, -0.25) is 0 Å². The number of nitrogens with two attached hydrogens (primary N) is 1. The molecule has 0 aliphatic carbocycles. The van der Waals surface area contributed by atoms with Gasteiger partial charge in [0.05, 0.1) is 6.04 Å². The molecule has 19 heavy (non-hydrogen) atoms. The van der Waals surface area contributed by atoms with Gasteiger partial charge >= 0.3 is 0 Å². The topological polar surface area (TPSA) is 35.2 Å². The second-order valence-corrected chi connectivity index (χ2v) is 4.77. The summed E-state index contributed by atoms with van der Waals surface area (Å²) in [5.74, 6) is 0.897. The highest BCUT2D eigenvalue weighted by atomic mass is 16.5. The molecule has 1 atom stereocenters. The van der Waals surface area contributed by atoms with Gasteiger partial charge in [0.25, 0.3) is 0 Å². The van der Waals surface area contributed by atoms with Crippen LogP contribution in [0.15, 0.2) is 48.5 Å². The van der Waals surface area contributed by atoms with Crippen molar-refractivity contribution in [2.45, 2.75) is 26.3 Å². The second kappa shape index (κ2) is 6.39. The lowest BCUT2D eigenvalue weighted by Crippen LogP contribution is -2.18. The van der Waals surface area contributed by atoms with Crippen molar-refractivity contribution in [3.63, 3.8) is 0 Å². The minimum atomic E-state index is -0.0902. The van der Waals surface area contributed by atoms with E-state index in [1.54, 1.807) is 0 Å². The third kappa shape index (κ3) is 3.58. The Hall–Kier alpha value is -1.80. The van der Waals surface area contributed by atoms with Crippen LogP contribution in [0.2, 0.25) is 0 Å². The first-order valence-electron chi connectivity index (χ1n) is 6.73. The van der Waals surface area contributed by atoms with Gasteiger partial charge < -0.3 is 10.5 Å². The molecule has 0 amide bonds. The second-order valence-electron chi connectivity index (χ2n) is 4.77. The van der Waals surface area contributed by atoms with Crippen molar-refractivity contribution in [2.75, 3.05) is 6.61 Å². The molecule has 2 heteroatoms. The SMILES string of the molecule is CCc1cc(OCC(N)c2ccccc2)ccc1C. The third-order valence-electron chi connectivity index (χ3n) is 3.36. The summed E-state index contributed by atoms with van der Waals surface area (Å²) >= 11 is 0. The molecule has 2 N–H and O–H groups in total. The maximum atomic E-state index is 6.12. The zero-order valence-corrected chi connectivity index (χ0v) is 11.6. The van der Waals surface area contributed by atoms with Crippen LogP contribution < -0.4 is 10.5 Å². The van der Waals surface area contributed by atoms with Crippen molar-refractivity contribution in [2.24, 2.45) is 5.73 Å². The molecule has 1 unspecified atom stereocenters. The maximum Gasteiger partial charge on any atom is 0.119 e. The number of benzene rings is 2. The number of hydrogen-bond acceptors (Lipinski definition) is 2. The molecular formula is C17H21NO. The fourth-order valence-electron chi connectivity index (χ4n) is 2.10. The molecule has 0 saturated carbocycles. The summed E-state index contributed by atoms with van der Waals surface area (Å²) in [6.07, 6.45) is 1.02. The number of hydrogen-bond donors (Lipinski definition) is 1. The molecule has 2 nitrogen and oxygen atoms in total. The maximum absolute atomic E-state index is 6.12. The van der Waals surface area contributed by atoms with Gasteiger partial charge in [0, 0.05) is 0 Å². The fourth-order valence-corrected chi connectivity index (χ4v) is 2.10. The molecule has 0 radical (unpaired) electrons. The molecule has 0 aliphatic heterocycles. The smallest absolute Gasteiger partial charge is 0.119 e. The zero-order chi connectivity index (χ0) is 13.7. The lowest BCUT2D eigenvalue weighted by atomic mass is 10.1. The number of rotatable bonds is 5. The van der Waals surface area contributed by atoms with Crippen molar-refractivity contribution in [3.8, 4) is 5.75 Å². The molecule has 0 heterocycles. The minimum Gasteiger partial charge on any atom is -0.492 e. The van der Waals surface area contributed by atoms with Gasteiger partial charge in [0.2, 0.25) is 0 Å². The van der Waals surface area contributed by atoms with Crippen molar-refractivity contribution >= 4 is 0 Å². The van der Waals surface area contributed by atoms with Gasteiger partial charge in [-0.25, -0.2) is 0 Å². The third-order valence-corrected chi connectivity index (χ3v) is 3.36. The molecule has 0 aliphatic rings. The fraction of sp³-hybridized carbons (Fsp3) is 0.294. The summed E-state index contributed by atoms with van der Waals surface area (Å²) < 4.78 is 5.79. The molecular weight excluding hydrogens is 234 g/mol. The molecule has 0 bridgehead atoms. The van der Waals surface area contributed by atoms with E-state index in [4.69, 9.17) is 10.5 Å². The molecule has 0 saturated heterocycles. The average Bonchev–Trinajstić information content (AvgIpc) is 2.47. The van der Waals surface area contributed by atoms with Crippen LogP contribution in [0.25, 0.3) is 0 Å². The first-order valence-corrected chi connectivity index (χ1v) is 6.73. The predicted octanol–water partition coefficient (Wildman–Crippen LogP) is 3.64. The highest BCUT2D eigenvalue weighted by Gasteiger charge is 2.07. The molecule has 100 valence electrons. The Kier molecular flexibility index (Phi) is 4.58. The summed E-state index contributed by atoms with van der Waals surface area (Å²) in [6.45, 7) is 4.77. The van der Waals surface area contributed by atoms with E-state index in [-0.39, 0.29) is 6.04 Å². The molecule has 0 fully saturated rings. The highest BCUT2D eigenvalue weighted by molar-refractivity contribution is 5.35. The molecule has 2 aromatic rings. The van der Waals surface area contributed by atoms with Crippen LogP contribution in [-0.2, 0) is 6.42 Å². The highest BCUT2D eigenvalue weighted by Crippen LogP contribution is 2.19. The van der Waals surface area contributed by atoms with E-state index in [1.807, 2.05) is 36.4 Å². The van der Waals surface area contributed by atoms with Crippen LogP contribution in [0.4, 0.5) is 0 Å². The summed E-state index contributed by atoms with van der Waals surface area (Å²) in [5, 5.41) is 0. The molecule has 0 spiro atoms. The Balaban J connectivity index is 1.99. The Morgan fingerprint density at radius 2 is 1.84 bits per heavy atom. The van der Waals surface area contributed by atoms with Gasteiger partial charge in [-0.05, 0) is 42.2 Å². The summed E-state index contributed by atoms with van der Waals surface area (Å²) in [7, 11) is 0. The number of aryl methyl sites for hydroxylation is 2. The zero-order valence-electron chi connectivity index (χ0n) is 11.6. The monoisotopic (exact) mass is 255 g/mol. The van der Waals surface area contributed by atoms with E-state index in [9.17, 15) is 0 Å². The first-order chi connectivity index (χ1) is 9.20. The lowest BCUT2D eigenvalue weighted by molar-refractivity contribution is 0.290. The van der Waals surface area contributed by atoms with Crippen LogP contribution in [0.3, 0.4) is 0 Å². The van der Waals surface area contributed by atoms with Crippen molar-refractivity contribution in [1.29, 1.82) is 0 Å². The van der Waals surface area contributed by atoms with Crippen LogP contribution in [-0.4, -0.2) is 6.61 Å². The Labute approximate surface area is 115 Å². The van der Waals surface area contributed by atoms with Crippen LogP contribution in [0, 0.1) is 6.92 Å². The van der Waals surface area contributed by atoms with Crippen LogP contribution >= 0.6 is 0 Å². The summed E-state index contributed by atoms with van der Waals surface area (Å²) in [6, 6.07) is 16.2. The van der Waals surface area contributed by atoms with Gasteiger partial charge in [0.1, 0.15) is 12.4 Å². The van der Waals surface area contributed by atoms with E-state index in [2.05, 4.69) is 26.0 Å².